The second-order valence-corrected chi connectivity index (χ2v) is 5.22. The van der Waals surface area contributed by atoms with Crippen molar-refractivity contribution in [3.05, 3.63) is 28.2 Å². The van der Waals surface area contributed by atoms with Gasteiger partial charge in [0.05, 0.1) is 5.71 Å². The van der Waals surface area contributed by atoms with Crippen LogP contribution in [0.5, 0.6) is 0 Å². The van der Waals surface area contributed by atoms with E-state index in [-0.39, 0.29) is 5.11 Å². The highest BCUT2D eigenvalue weighted by atomic mass is 79.9. The number of hydrogen-bond acceptors (Lipinski definition) is 3. The van der Waals surface area contributed by atoms with Gasteiger partial charge in [-0.05, 0) is 30.4 Å². The number of anilines is 1. The Labute approximate surface area is 114 Å². The van der Waals surface area contributed by atoms with E-state index in [2.05, 4.69) is 50.5 Å². The second kappa shape index (κ2) is 5.01. The zero-order valence-corrected chi connectivity index (χ0v) is 11.8. The van der Waals surface area contributed by atoms with Crippen LogP contribution in [0, 0.1) is 0 Å². The summed E-state index contributed by atoms with van der Waals surface area (Å²) in [6, 6.07) is 6.17. The van der Waals surface area contributed by atoms with Gasteiger partial charge in [-0.1, -0.05) is 15.9 Å². The molecule has 0 amide bonds. The first-order chi connectivity index (χ1) is 8.08. The summed E-state index contributed by atoms with van der Waals surface area (Å²) in [7, 11) is 2.07. The number of rotatable bonds is 1. The Kier molecular flexibility index (Phi) is 3.63. The largest absolute Gasteiger partial charge is 0.375 e. The van der Waals surface area contributed by atoms with E-state index in [9.17, 15) is 0 Å². The first kappa shape index (κ1) is 12.3. The SMILES string of the molecule is CN1CCC(=NNC(N)=S)c2cc(Br)ccc21. The predicted octanol–water partition coefficient (Wildman–Crippen LogP) is 1.83. The summed E-state index contributed by atoms with van der Waals surface area (Å²) < 4.78 is 1.04. The Bertz CT molecular complexity index is 486. The maximum atomic E-state index is 5.38. The minimum atomic E-state index is 0.188. The van der Waals surface area contributed by atoms with Gasteiger partial charge in [0.2, 0.25) is 0 Å². The number of nitrogens with one attached hydrogen (secondary N) is 1. The minimum absolute atomic E-state index is 0.188. The molecule has 0 aliphatic carbocycles. The van der Waals surface area contributed by atoms with Gasteiger partial charge in [0.25, 0.3) is 0 Å². The van der Waals surface area contributed by atoms with Gasteiger partial charge < -0.3 is 10.6 Å². The Hall–Kier alpha value is -1.14. The Morgan fingerprint density at radius 2 is 2.35 bits per heavy atom. The summed E-state index contributed by atoms with van der Waals surface area (Å²) in [5.41, 5.74) is 11.3. The molecule has 1 aliphatic heterocycles. The first-order valence-electron chi connectivity index (χ1n) is 5.21. The molecule has 1 heterocycles. The fourth-order valence-electron chi connectivity index (χ4n) is 1.84. The Morgan fingerprint density at radius 3 is 3.06 bits per heavy atom. The van der Waals surface area contributed by atoms with Gasteiger partial charge in [-0.15, -0.1) is 0 Å². The molecular weight excluding hydrogens is 300 g/mol. The fourth-order valence-corrected chi connectivity index (χ4v) is 2.25. The van der Waals surface area contributed by atoms with Gasteiger partial charge in [0.1, 0.15) is 0 Å². The van der Waals surface area contributed by atoms with Gasteiger partial charge in [0, 0.05) is 35.7 Å². The smallest absolute Gasteiger partial charge is 0.184 e. The van der Waals surface area contributed by atoms with Crippen molar-refractivity contribution in [1.29, 1.82) is 0 Å². The van der Waals surface area contributed by atoms with Crippen molar-refractivity contribution in [2.75, 3.05) is 18.5 Å². The molecule has 0 fully saturated rings. The summed E-state index contributed by atoms with van der Waals surface area (Å²) >= 11 is 8.22. The van der Waals surface area contributed by atoms with Crippen molar-refractivity contribution < 1.29 is 0 Å². The van der Waals surface area contributed by atoms with Crippen LogP contribution >= 0.6 is 28.1 Å². The molecule has 4 nitrogen and oxygen atoms in total. The normalized spacial score (nSPS) is 16.8. The van der Waals surface area contributed by atoms with Gasteiger partial charge in [-0.25, -0.2) is 0 Å². The molecule has 0 atom stereocenters. The number of hydrazone groups is 1. The third-order valence-electron chi connectivity index (χ3n) is 2.67. The molecular formula is C11H13BrN4S. The van der Waals surface area contributed by atoms with Crippen LogP contribution in [0.15, 0.2) is 27.8 Å². The molecule has 0 radical (unpaired) electrons. The summed E-state index contributed by atoms with van der Waals surface area (Å²) in [6.07, 6.45) is 0.871. The third kappa shape index (κ3) is 2.76. The zero-order chi connectivity index (χ0) is 12.4. The van der Waals surface area contributed by atoms with Crippen molar-refractivity contribution in [1.82, 2.24) is 5.43 Å². The van der Waals surface area contributed by atoms with Crippen molar-refractivity contribution in [3.8, 4) is 0 Å². The molecule has 0 saturated heterocycles. The van der Waals surface area contributed by atoms with Gasteiger partial charge >= 0.3 is 0 Å². The molecule has 0 spiro atoms. The van der Waals surface area contributed by atoms with Crippen LogP contribution in [0.2, 0.25) is 0 Å². The van der Waals surface area contributed by atoms with Crippen LogP contribution in [0.4, 0.5) is 5.69 Å². The van der Waals surface area contributed by atoms with E-state index in [1.807, 2.05) is 6.07 Å². The lowest BCUT2D eigenvalue weighted by atomic mass is 10.0. The fraction of sp³-hybridized carbons (Fsp3) is 0.273. The van der Waals surface area contributed by atoms with E-state index in [1.165, 1.54) is 5.69 Å². The van der Waals surface area contributed by atoms with E-state index in [0.29, 0.717) is 0 Å². The molecule has 0 saturated carbocycles. The maximum Gasteiger partial charge on any atom is 0.184 e. The molecule has 0 bridgehead atoms. The van der Waals surface area contributed by atoms with Crippen molar-refractivity contribution in [2.24, 2.45) is 10.8 Å². The van der Waals surface area contributed by atoms with Crippen molar-refractivity contribution in [3.63, 3.8) is 0 Å². The van der Waals surface area contributed by atoms with Crippen molar-refractivity contribution in [2.45, 2.75) is 6.42 Å². The van der Waals surface area contributed by atoms with E-state index in [1.54, 1.807) is 0 Å². The summed E-state index contributed by atoms with van der Waals surface area (Å²) in [6.45, 7) is 0.937. The molecule has 0 unspecified atom stereocenters. The van der Waals surface area contributed by atoms with Crippen LogP contribution in [-0.4, -0.2) is 24.4 Å². The van der Waals surface area contributed by atoms with Gasteiger partial charge in [-0.3, -0.25) is 5.43 Å². The number of nitrogens with zero attached hydrogens (tertiary/aromatic N) is 2. The number of benzene rings is 1. The average molecular weight is 313 g/mol. The Morgan fingerprint density at radius 1 is 1.59 bits per heavy atom. The number of halogens is 1. The molecule has 90 valence electrons. The Balaban J connectivity index is 2.40. The highest BCUT2D eigenvalue weighted by molar-refractivity contribution is 9.10. The number of fused-ring (bicyclic) bond motifs is 1. The summed E-state index contributed by atoms with van der Waals surface area (Å²) in [5.74, 6) is 0. The van der Waals surface area contributed by atoms with Crippen LogP contribution in [0.3, 0.4) is 0 Å². The maximum absolute atomic E-state index is 5.38. The second-order valence-electron chi connectivity index (χ2n) is 3.87. The zero-order valence-electron chi connectivity index (χ0n) is 9.40. The molecule has 17 heavy (non-hydrogen) atoms. The highest BCUT2D eigenvalue weighted by Crippen LogP contribution is 2.28. The van der Waals surface area contributed by atoms with E-state index >= 15 is 0 Å². The first-order valence-corrected chi connectivity index (χ1v) is 6.41. The summed E-state index contributed by atoms with van der Waals surface area (Å²) in [4.78, 5) is 2.21. The number of thiocarbonyl (C=S) groups is 1. The number of nitrogens with two attached hydrogens (primary N) is 1. The van der Waals surface area contributed by atoms with Gasteiger partial charge in [0.15, 0.2) is 5.11 Å². The molecule has 1 aromatic carbocycles. The predicted molar refractivity (Wildman–Crippen MR) is 78.5 cm³/mol. The van der Waals surface area contributed by atoms with Gasteiger partial charge in [-0.2, -0.15) is 5.10 Å². The van der Waals surface area contributed by atoms with Crippen molar-refractivity contribution >= 4 is 44.7 Å². The standard InChI is InChI=1S/C11H13BrN4S/c1-16-5-4-9(14-15-11(13)17)8-6-7(12)2-3-10(8)16/h2-3,6H,4-5H2,1H3,(H3,13,15,17). The average Bonchev–Trinajstić information content (AvgIpc) is 2.28. The number of hydrogen-bond donors (Lipinski definition) is 2. The third-order valence-corrected chi connectivity index (χ3v) is 3.25. The topological polar surface area (TPSA) is 53.6 Å². The molecule has 6 heteroatoms. The van der Waals surface area contributed by atoms with Crippen LogP contribution < -0.4 is 16.1 Å². The molecule has 3 N–H and O–H groups in total. The highest BCUT2D eigenvalue weighted by Gasteiger charge is 2.19. The van der Waals surface area contributed by atoms with Crippen LogP contribution in [0.25, 0.3) is 0 Å². The minimum Gasteiger partial charge on any atom is -0.375 e. The molecule has 0 aromatic heterocycles. The van der Waals surface area contributed by atoms with E-state index < -0.39 is 0 Å². The summed E-state index contributed by atoms with van der Waals surface area (Å²) in [5, 5.41) is 4.44. The van der Waals surface area contributed by atoms with E-state index in [0.717, 1.165) is 28.7 Å². The molecule has 1 aromatic rings. The molecule has 2 rings (SSSR count). The monoisotopic (exact) mass is 312 g/mol. The lowest BCUT2D eigenvalue weighted by Gasteiger charge is -2.28. The van der Waals surface area contributed by atoms with Crippen LogP contribution in [-0.2, 0) is 0 Å². The van der Waals surface area contributed by atoms with Crippen LogP contribution in [0.1, 0.15) is 12.0 Å². The quantitative estimate of drug-likeness (QED) is 0.613. The lowest BCUT2D eigenvalue weighted by molar-refractivity contribution is 0.881. The lowest BCUT2D eigenvalue weighted by Crippen LogP contribution is -2.31. The molecule has 1 aliphatic rings. The van der Waals surface area contributed by atoms with E-state index in [4.69, 9.17) is 18.0 Å².